The highest BCUT2D eigenvalue weighted by molar-refractivity contribution is 7.30. The third-order valence-corrected chi connectivity index (χ3v) is 10.6. The van der Waals surface area contributed by atoms with Crippen LogP contribution in [0.1, 0.15) is 0 Å². The predicted molar refractivity (Wildman–Crippen MR) is 178 cm³/mol. The van der Waals surface area contributed by atoms with E-state index in [1.807, 2.05) is 22.7 Å². The van der Waals surface area contributed by atoms with E-state index in [9.17, 15) is 0 Å². The van der Waals surface area contributed by atoms with Crippen LogP contribution in [0.25, 0.3) is 84.8 Å². The second kappa shape index (κ2) is 8.50. The molecule has 0 spiro atoms. The van der Waals surface area contributed by atoms with Gasteiger partial charge >= 0.3 is 0 Å². The molecule has 0 radical (unpaired) electrons. The topological polar surface area (TPSA) is 0 Å². The van der Waals surface area contributed by atoms with Crippen molar-refractivity contribution in [1.82, 2.24) is 0 Å². The molecule has 0 saturated heterocycles. The van der Waals surface area contributed by atoms with Crippen LogP contribution >= 0.6 is 22.7 Å². The normalized spacial score (nSPS) is 12.0. The molecule has 0 aliphatic carbocycles. The van der Waals surface area contributed by atoms with Gasteiger partial charge in [0.15, 0.2) is 0 Å². The molecule has 0 N–H and O–H groups in total. The third-order valence-electron chi connectivity index (χ3n) is 8.32. The molecule has 0 aliphatic rings. The van der Waals surface area contributed by atoms with E-state index in [0.29, 0.717) is 0 Å². The van der Waals surface area contributed by atoms with Crippen LogP contribution in [-0.4, -0.2) is 0 Å². The number of hydrogen-bond donors (Lipinski definition) is 0. The number of benzene rings is 7. The van der Waals surface area contributed by atoms with Gasteiger partial charge in [0.25, 0.3) is 0 Å². The Morgan fingerprint density at radius 3 is 1.68 bits per heavy atom. The van der Waals surface area contributed by atoms with E-state index in [0.717, 1.165) is 0 Å². The summed E-state index contributed by atoms with van der Waals surface area (Å²) in [6, 6.07) is 47.3. The van der Waals surface area contributed by atoms with E-state index in [-0.39, 0.29) is 0 Å². The molecule has 0 nitrogen and oxygen atoms in total. The highest BCUT2D eigenvalue weighted by atomic mass is 32.1. The second-order valence-corrected chi connectivity index (χ2v) is 12.5. The summed E-state index contributed by atoms with van der Waals surface area (Å²) in [6.45, 7) is 0. The molecule has 0 atom stereocenters. The van der Waals surface area contributed by atoms with Gasteiger partial charge in [0.05, 0.1) is 9.40 Å². The van der Waals surface area contributed by atoms with Gasteiger partial charge in [0, 0.05) is 15.5 Å². The van der Waals surface area contributed by atoms with E-state index in [2.05, 4.69) is 133 Å². The lowest BCUT2D eigenvalue weighted by Crippen LogP contribution is -1.90. The van der Waals surface area contributed by atoms with Gasteiger partial charge < -0.3 is 0 Å². The molecule has 0 unspecified atom stereocenters. The minimum Gasteiger partial charge on any atom is -0.142 e. The maximum Gasteiger partial charge on any atom is 0.0533 e. The van der Waals surface area contributed by atoms with E-state index < -0.39 is 0 Å². The SMILES string of the molecule is c1ccc2cc(-c3c4ccccc4c(-c4ccc5c(c4)sc4c5ccc5ccsc54)c4ccccc34)ccc2c1. The molecule has 2 heterocycles. The lowest BCUT2D eigenvalue weighted by Gasteiger charge is -2.18. The van der Waals surface area contributed by atoms with E-state index in [4.69, 9.17) is 0 Å². The summed E-state index contributed by atoms with van der Waals surface area (Å²) in [5.41, 5.74) is 5.16. The number of rotatable bonds is 2. The molecule has 2 heteroatoms. The molecule has 0 bridgehead atoms. The van der Waals surface area contributed by atoms with Crippen molar-refractivity contribution in [2.24, 2.45) is 0 Å². The Balaban J connectivity index is 1.36. The fraction of sp³-hybridized carbons (Fsp3) is 0. The van der Waals surface area contributed by atoms with Crippen molar-refractivity contribution in [3.63, 3.8) is 0 Å². The van der Waals surface area contributed by atoms with Gasteiger partial charge in [0.1, 0.15) is 0 Å². The van der Waals surface area contributed by atoms with Gasteiger partial charge in [-0.1, -0.05) is 109 Å². The molecular formula is C38H22S2. The van der Waals surface area contributed by atoms with Crippen molar-refractivity contribution >= 4 is 85.2 Å². The summed E-state index contributed by atoms with van der Waals surface area (Å²) in [5.74, 6) is 0. The Bertz CT molecular complexity index is 2380. The van der Waals surface area contributed by atoms with Gasteiger partial charge in [0.2, 0.25) is 0 Å². The average molecular weight is 543 g/mol. The first-order valence-electron chi connectivity index (χ1n) is 13.6. The molecule has 40 heavy (non-hydrogen) atoms. The first kappa shape index (κ1) is 22.3. The molecule has 2 aromatic heterocycles. The number of thiophene rings is 2. The molecule has 186 valence electrons. The van der Waals surface area contributed by atoms with Crippen LogP contribution in [0, 0.1) is 0 Å². The molecule has 0 aliphatic heterocycles. The molecule has 0 amide bonds. The maximum atomic E-state index is 2.42. The van der Waals surface area contributed by atoms with Crippen molar-refractivity contribution in [2.45, 2.75) is 0 Å². The van der Waals surface area contributed by atoms with Gasteiger partial charge in [-0.05, 0) is 83.5 Å². The standard InChI is InChI=1S/C38H22S2/c1-2-8-25-21-26(14-13-23(25)7-1)35-29-9-3-5-11-31(29)36(32-12-6-4-10-30(32)35)27-16-17-28-33-18-15-24-19-20-39-37(24)38(33)40-34(28)22-27/h1-22H. The van der Waals surface area contributed by atoms with E-state index in [1.165, 1.54) is 84.8 Å². The van der Waals surface area contributed by atoms with Gasteiger partial charge in [-0.3, -0.25) is 0 Å². The minimum absolute atomic E-state index is 1.26. The molecule has 9 rings (SSSR count). The van der Waals surface area contributed by atoms with Gasteiger partial charge in [-0.15, -0.1) is 22.7 Å². The summed E-state index contributed by atoms with van der Waals surface area (Å²) in [5, 5.41) is 14.0. The molecule has 0 fully saturated rings. The van der Waals surface area contributed by atoms with Crippen molar-refractivity contribution in [1.29, 1.82) is 0 Å². The Kier molecular flexibility index (Phi) is 4.74. The zero-order valence-electron chi connectivity index (χ0n) is 21.5. The van der Waals surface area contributed by atoms with Crippen molar-refractivity contribution in [3.8, 4) is 22.3 Å². The van der Waals surface area contributed by atoms with Crippen LogP contribution in [-0.2, 0) is 0 Å². The lowest BCUT2D eigenvalue weighted by atomic mass is 9.85. The van der Waals surface area contributed by atoms with Crippen LogP contribution in [0.5, 0.6) is 0 Å². The van der Waals surface area contributed by atoms with Crippen LogP contribution in [0.2, 0.25) is 0 Å². The highest BCUT2D eigenvalue weighted by Gasteiger charge is 2.18. The van der Waals surface area contributed by atoms with Crippen molar-refractivity contribution in [3.05, 3.63) is 133 Å². The monoisotopic (exact) mass is 542 g/mol. The number of fused-ring (bicyclic) bond motifs is 8. The summed E-state index contributed by atoms with van der Waals surface area (Å²) in [6.07, 6.45) is 0. The highest BCUT2D eigenvalue weighted by Crippen LogP contribution is 2.46. The Morgan fingerprint density at radius 2 is 0.950 bits per heavy atom. The average Bonchev–Trinajstić information content (AvgIpc) is 3.64. The Labute approximate surface area is 239 Å². The fourth-order valence-electron chi connectivity index (χ4n) is 6.51. The Hall–Kier alpha value is -4.50. The Morgan fingerprint density at radius 1 is 0.375 bits per heavy atom. The fourth-order valence-corrected chi connectivity index (χ4v) is 8.81. The van der Waals surface area contributed by atoms with Crippen LogP contribution < -0.4 is 0 Å². The van der Waals surface area contributed by atoms with E-state index >= 15 is 0 Å². The largest absolute Gasteiger partial charge is 0.142 e. The van der Waals surface area contributed by atoms with Crippen molar-refractivity contribution in [2.75, 3.05) is 0 Å². The van der Waals surface area contributed by atoms with Crippen LogP contribution in [0.15, 0.2) is 133 Å². The summed E-state index contributed by atoms with van der Waals surface area (Å²) in [4.78, 5) is 0. The number of hydrogen-bond acceptors (Lipinski definition) is 2. The first-order valence-corrected chi connectivity index (χ1v) is 15.3. The minimum atomic E-state index is 1.26. The quantitative estimate of drug-likeness (QED) is 0.191. The van der Waals surface area contributed by atoms with E-state index in [1.54, 1.807) is 0 Å². The van der Waals surface area contributed by atoms with Crippen molar-refractivity contribution < 1.29 is 0 Å². The predicted octanol–water partition coefficient (Wildman–Crippen LogP) is 12.1. The second-order valence-electron chi connectivity index (χ2n) is 10.5. The molecular weight excluding hydrogens is 521 g/mol. The summed E-state index contributed by atoms with van der Waals surface area (Å²) < 4.78 is 4.15. The zero-order valence-corrected chi connectivity index (χ0v) is 23.2. The zero-order chi connectivity index (χ0) is 26.2. The molecule has 9 aromatic rings. The third kappa shape index (κ3) is 3.18. The van der Waals surface area contributed by atoms with Crippen LogP contribution in [0.3, 0.4) is 0 Å². The molecule has 7 aromatic carbocycles. The summed E-state index contributed by atoms with van der Waals surface area (Å²) >= 11 is 3.77. The van der Waals surface area contributed by atoms with Gasteiger partial charge in [-0.25, -0.2) is 0 Å². The first-order chi connectivity index (χ1) is 19.8. The lowest BCUT2D eigenvalue weighted by molar-refractivity contribution is 1.69. The summed E-state index contributed by atoms with van der Waals surface area (Å²) in [7, 11) is 0. The maximum absolute atomic E-state index is 2.42. The van der Waals surface area contributed by atoms with Gasteiger partial charge in [-0.2, -0.15) is 0 Å². The smallest absolute Gasteiger partial charge is 0.0533 e. The van der Waals surface area contributed by atoms with Crippen LogP contribution in [0.4, 0.5) is 0 Å². The molecule has 0 saturated carbocycles.